The molecule has 0 saturated carbocycles. The molecule has 3 N–H and O–H groups in total. The van der Waals surface area contributed by atoms with Crippen LogP contribution in [0.2, 0.25) is 4.51 Å². The van der Waals surface area contributed by atoms with Gasteiger partial charge in [-0.05, 0) is 19.3 Å². The molecule has 61 heavy (non-hydrogen) atoms. The first-order valence-electron chi connectivity index (χ1n) is 27.2. The Balaban J connectivity index is -0.000000828. The molecule has 0 aliphatic carbocycles. The van der Waals surface area contributed by atoms with E-state index in [1.165, 1.54) is 262 Å². The summed E-state index contributed by atoms with van der Waals surface area (Å²) in [7, 11) is 0. The van der Waals surface area contributed by atoms with Gasteiger partial charge in [0.15, 0.2) is 0 Å². The normalized spacial score (nSPS) is 11.4. The Labute approximate surface area is 391 Å². The molecule has 0 heterocycles. The van der Waals surface area contributed by atoms with E-state index in [0.29, 0.717) is 19.3 Å². The van der Waals surface area contributed by atoms with Crippen LogP contribution in [0.1, 0.15) is 323 Å². The topological polar surface area (TPSA) is 112 Å². The molecular weight excluding hydrogens is 810 g/mol. The van der Waals surface area contributed by atoms with E-state index in [1.54, 1.807) is 0 Å². The van der Waals surface area contributed by atoms with Crippen LogP contribution in [0, 0.1) is 0 Å². The molecule has 0 rings (SSSR count). The van der Waals surface area contributed by atoms with Crippen LogP contribution in [0.5, 0.6) is 0 Å². The molecule has 0 aliphatic rings. The van der Waals surface area contributed by atoms with E-state index in [4.69, 9.17) is 15.3 Å². The first-order valence-corrected chi connectivity index (χ1v) is 28.9. The van der Waals surface area contributed by atoms with E-state index in [-0.39, 0.29) is 0 Å². The van der Waals surface area contributed by atoms with Crippen molar-refractivity contribution in [2.75, 3.05) is 0 Å². The van der Waals surface area contributed by atoms with Crippen LogP contribution in [0.3, 0.4) is 0 Å². The third-order valence-corrected chi connectivity index (χ3v) is 13.9. The van der Waals surface area contributed by atoms with Gasteiger partial charge in [0.2, 0.25) is 0 Å². The van der Waals surface area contributed by atoms with Gasteiger partial charge in [-0.3, -0.25) is 14.4 Å². The van der Waals surface area contributed by atoms with Crippen molar-refractivity contribution in [1.29, 1.82) is 0 Å². The van der Waals surface area contributed by atoms with Crippen LogP contribution in [0.4, 0.5) is 0 Å². The van der Waals surface area contributed by atoms with E-state index in [2.05, 4.69) is 20.8 Å². The van der Waals surface area contributed by atoms with Crippen molar-refractivity contribution >= 4 is 17.9 Å². The van der Waals surface area contributed by atoms with Gasteiger partial charge in [0.25, 0.3) is 0 Å². The van der Waals surface area contributed by atoms with Gasteiger partial charge in [0.1, 0.15) is 0 Å². The number of aliphatic carboxylic acids is 3. The maximum atomic E-state index is 10.4. The molecule has 1 unspecified atom stereocenters. The number of hydrogen-bond acceptors (Lipinski definition) is 3. The molecule has 0 aromatic rings. The van der Waals surface area contributed by atoms with Crippen molar-refractivity contribution in [2.24, 2.45) is 0 Å². The zero-order chi connectivity index (χ0) is 45.5. The van der Waals surface area contributed by atoms with Crippen molar-refractivity contribution in [1.82, 2.24) is 0 Å². The summed E-state index contributed by atoms with van der Waals surface area (Å²) in [4.78, 5) is 31.0. The molecule has 0 aromatic heterocycles. The summed E-state index contributed by atoms with van der Waals surface area (Å²) in [5.41, 5.74) is 0. The molecule has 0 bridgehead atoms. The van der Waals surface area contributed by atoms with Crippen molar-refractivity contribution < 1.29 is 48.0 Å². The van der Waals surface area contributed by atoms with Gasteiger partial charge in [-0.2, -0.15) is 0 Å². The van der Waals surface area contributed by atoms with Crippen molar-refractivity contribution in [3.8, 4) is 0 Å². The van der Waals surface area contributed by atoms with Crippen LogP contribution in [0.25, 0.3) is 0 Å². The third kappa shape index (κ3) is 70.9. The van der Waals surface area contributed by atoms with E-state index in [0.717, 1.165) is 43.0 Å². The molecule has 0 saturated heterocycles. The second-order valence-corrected chi connectivity index (χ2v) is 21.1. The van der Waals surface area contributed by atoms with Crippen LogP contribution < -0.4 is 0 Å². The molecule has 0 amide bonds. The minimum Gasteiger partial charge on any atom is -0.481 e. The minimum absolute atomic E-state index is 0.345. The fourth-order valence-corrected chi connectivity index (χ4v) is 9.61. The van der Waals surface area contributed by atoms with Crippen LogP contribution in [-0.4, -0.2) is 33.2 Å². The summed E-state index contributed by atoms with van der Waals surface area (Å²) in [6.07, 6.45) is 59.3. The number of hydrogen-bond donors (Lipinski definition) is 3. The average molecular weight is 918 g/mol. The molecule has 1 atom stereocenters. The standard InChI is InChI=1S/2C18H36O2.C18H35O2.Zn/c3*1-2-3-4-5-6-7-8-9-10-11-12-13-14-15-16-17-18(19)20;/h2*2-17H2,1H3,(H,19,20);4H,2-3,5-17H2,1H3,(H,19,20);. The molecular formula is C54H107O6Zn. The molecule has 7 heteroatoms. The first kappa shape index (κ1) is 64.3. The Kier molecular flexibility index (Phi) is 62.2. The van der Waals surface area contributed by atoms with E-state index < -0.39 is 17.9 Å². The summed E-state index contributed by atoms with van der Waals surface area (Å²) in [6.45, 7) is 6.84. The first-order chi connectivity index (χ1) is 29.7. The van der Waals surface area contributed by atoms with Crippen molar-refractivity contribution in [3.05, 3.63) is 0 Å². The van der Waals surface area contributed by atoms with E-state index in [1.807, 2.05) is 0 Å². The third-order valence-electron chi connectivity index (χ3n) is 12.2. The summed E-state index contributed by atoms with van der Waals surface area (Å²) in [5.74, 6) is -1.96. The summed E-state index contributed by atoms with van der Waals surface area (Å²) in [6, 6.07) is 0. The van der Waals surface area contributed by atoms with E-state index in [9.17, 15) is 14.4 Å². The number of unbranched alkanes of at least 4 members (excludes halogenated alkanes) is 38. The monoisotopic (exact) mass is 916 g/mol. The van der Waals surface area contributed by atoms with Crippen LogP contribution in [0.15, 0.2) is 0 Å². The molecule has 0 fully saturated rings. The number of carboxylic acids is 3. The summed E-state index contributed by atoms with van der Waals surface area (Å²) >= 11 is 1.49. The minimum atomic E-state index is -0.653. The Bertz CT molecular complexity index is 807. The quantitative estimate of drug-likeness (QED) is 0.0414. The molecule has 0 spiro atoms. The zero-order valence-electron chi connectivity index (χ0n) is 41.6. The van der Waals surface area contributed by atoms with Crippen LogP contribution in [-0.2, 0) is 32.7 Å². The van der Waals surface area contributed by atoms with Gasteiger partial charge in [0, 0.05) is 19.3 Å². The van der Waals surface area contributed by atoms with Gasteiger partial charge in [-0.15, -0.1) is 0 Å². The summed E-state index contributed by atoms with van der Waals surface area (Å²) in [5, 5.41) is 25.6. The maximum absolute atomic E-state index is 10.4. The molecule has 0 aromatic carbocycles. The van der Waals surface area contributed by atoms with E-state index >= 15 is 0 Å². The smallest absolute Gasteiger partial charge is 0.481 e. The number of carbonyl (C=O) groups is 3. The fraction of sp³-hybridized carbons (Fsp3) is 0.944. The Morgan fingerprint density at radius 2 is 0.459 bits per heavy atom. The SMILES string of the molecule is CCCCCCCCCCCCCCCCCC(=O)O.CCCCCCCCCCCCCCCCCC(=O)O.CCC[CH]([Zn])CCCCCCCCCCCCCC(=O)O. The second-order valence-electron chi connectivity index (χ2n) is 18.7. The Morgan fingerprint density at radius 1 is 0.279 bits per heavy atom. The fourth-order valence-electron chi connectivity index (χ4n) is 8.15. The molecule has 0 radical (unpaired) electrons. The van der Waals surface area contributed by atoms with Crippen molar-refractivity contribution in [3.63, 3.8) is 0 Å². The van der Waals surface area contributed by atoms with Gasteiger partial charge in [-0.1, -0.05) is 194 Å². The predicted octanol–water partition coefficient (Wildman–Crippen LogP) is 18.9. The second kappa shape index (κ2) is 59.0. The number of carboxylic acid groups (broad SMARTS) is 3. The van der Waals surface area contributed by atoms with Gasteiger partial charge in [-0.25, -0.2) is 0 Å². The van der Waals surface area contributed by atoms with Gasteiger partial charge < -0.3 is 15.3 Å². The zero-order valence-corrected chi connectivity index (χ0v) is 44.6. The Morgan fingerprint density at radius 3 is 0.639 bits per heavy atom. The number of rotatable bonds is 48. The average Bonchev–Trinajstić information content (AvgIpc) is 3.22. The molecule has 0 aliphatic heterocycles. The van der Waals surface area contributed by atoms with Gasteiger partial charge in [0.05, 0.1) is 0 Å². The predicted molar refractivity (Wildman–Crippen MR) is 261 cm³/mol. The molecule has 361 valence electrons. The van der Waals surface area contributed by atoms with Crippen LogP contribution >= 0.6 is 0 Å². The Hall–Kier alpha value is -0.967. The molecule has 6 nitrogen and oxygen atoms in total. The van der Waals surface area contributed by atoms with Gasteiger partial charge >= 0.3 is 131 Å². The summed E-state index contributed by atoms with van der Waals surface area (Å²) < 4.78 is 1.05. The van der Waals surface area contributed by atoms with Crippen molar-refractivity contribution in [2.45, 2.75) is 327 Å².